The normalized spacial score (nSPS) is 22.4. The summed E-state index contributed by atoms with van der Waals surface area (Å²) in [4.78, 5) is 6.62. The van der Waals surface area contributed by atoms with Gasteiger partial charge in [0.25, 0.3) is 0 Å². The third-order valence-electron chi connectivity index (χ3n) is 2.72. The zero-order chi connectivity index (χ0) is 9.97. The van der Waals surface area contributed by atoms with Gasteiger partial charge in [-0.3, -0.25) is 4.98 Å². The van der Waals surface area contributed by atoms with Crippen molar-refractivity contribution in [3.05, 3.63) is 24.0 Å². The number of aromatic nitrogens is 1. The molecule has 1 saturated heterocycles. The summed E-state index contributed by atoms with van der Waals surface area (Å²) in [5.41, 5.74) is 8.19. The van der Waals surface area contributed by atoms with E-state index in [1.54, 1.807) is 0 Å². The first-order chi connectivity index (χ1) is 6.75. The first kappa shape index (κ1) is 9.46. The Kier molecular flexibility index (Phi) is 2.68. The van der Waals surface area contributed by atoms with Crippen molar-refractivity contribution in [3.8, 4) is 0 Å². The molecule has 0 saturated carbocycles. The Morgan fingerprint density at radius 2 is 2.36 bits per heavy atom. The first-order valence-corrected chi connectivity index (χ1v) is 5.19. The average molecular weight is 191 g/mol. The van der Waals surface area contributed by atoms with Crippen LogP contribution >= 0.6 is 0 Å². The Balaban J connectivity index is 2.10. The number of aryl methyl sites for hydroxylation is 1. The van der Waals surface area contributed by atoms with E-state index in [0.717, 1.165) is 25.2 Å². The summed E-state index contributed by atoms with van der Waals surface area (Å²) in [7, 11) is 0. The zero-order valence-corrected chi connectivity index (χ0v) is 8.61. The van der Waals surface area contributed by atoms with Gasteiger partial charge >= 0.3 is 0 Å². The molecule has 0 spiro atoms. The number of nitrogens with zero attached hydrogens (tertiary/aromatic N) is 2. The molecule has 2 N–H and O–H groups in total. The predicted octanol–water partition coefficient (Wildman–Crippen LogP) is 1.32. The Morgan fingerprint density at radius 3 is 3.00 bits per heavy atom. The Bertz CT molecular complexity index is 294. The molecular weight excluding hydrogens is 174 g/mol. The van der Waals surface area contributed by atoms with Crippen LogP contribution in [0, 0.1) is 6.92 Å². The molecule has 2 rings (SSSR count). The van der Waals surface area contributed by atoms with Gasteiger partial charge in [-0.25, -0.2) is 0 Å². The van der Waals surface area contributed by atoms with E-state index in [0.29, 0.717) is 6.04 Å². The lowest BCUT2D eigenvalue weighted by molar-refractivity contribution is 0.506. The van der Waals surface area contributed by atoms with E-state index in [1.165, 1.54) is 12.1 Å². The Hall–Kier alpha value is -1.09. The van der Waals surface area contributed by atoms with E-state index < -0.39 is 0 Å². The molecule has 1 aliphatic rings. The number of nitrogens with two attached hydrogens (primary N) is 1. The van der Waals surface area contributed by atoms with Gasteiger partial charge in [0.15, 0.2) is 0 Å². The molecule has 1 aromatic heterocycles. The maximum atomic E-state index is 5.93. The smallest absolute Gasteiger partial charge is 0.0553 e. The van der Waals surface area contributed by atoms with Crippen LogP contribution in [0.4, 0.5) is 5.69 Å². The number of hydrogen-bond donors (Lipinski definition) is 1. The molecule has 3 heteroatoms. The molecule has 0 bridgehead atoms. The molecule has 3 nitrogen and oxygen atoms in total. The largest absolute Gasteiger partial charge is 0.369 e. The van der Waals surface area contributed by atoms with Crippen LogP contribution in [0.15, 0.2) is 18.3 Å². The summed E-state index contributed by atoms with van der Waals surface area (Å²) in [6.07, 6.45) is 4.28. The first-order valence-electron chi connectivity index (χ1n) is 5.19. The third-order valence-corrected chi connectivity index (χ3v) is 2.72. The lowest BCUT2D eigenvalue weighted by Gasteiger charge is -2.32. The second-order valence-corrected chi connectivity index (χ2v) is 4.01. The van der Waals surface area contributed by atoms with Crippen LogP contribution in [-0.2, 0) is 0 Å². The van der Waals surface area contributed by atoms with Crippen molar-refractivity contribution in [2.24, 2.45) is 5.73 Å². The summed E-state index contributed by atoms with van der Waals surface area (Å²) in [5.74, 6) is 0. The van der Waals surface area contributed by atoms with E-state index in [-0.39, 0.29) is 0 Å². The molecule has 1 fully saturated rings. The predicted molar refractivity (Wildman–Crippen MR) is 58.4 cm³/mol. The van der Waals surface area contributed by atoms with Gasteiger partial charge in [0, 0.05) is 24.8 Å². The van der Waals surface area contributed by atoms with Crippen LogP contribution in [0.2, 0.25) is 0 Å². The standard InChI is InChI=1S/C11H17N3/c1-9-4-5-11(7-13-9)14-6-2-3-10(12)8-14/h4-5,7,10H,2-3,6,8,12H2,1H3. The molecule has 0 radical (unpaired) electrons. The summed E-state index contributed by atoms with van der Waals surface area (Å²) in [5, 5.41) is 0. The molecule has 1 aliphatic heterocycles. The lowest BCUT2D eigenvalue weighted by Crippen LogP contribution is -2.42. The molecule has 14 heavy (non-hydrogen) atoms. The van der Waals surface area contributed by atoms with Crippen molar-refractivity contribution in [1.29, 1.82) is 0 Å². The minimum atomic E-state index is 0.324. The minimum Gasteiger partial charge on any atom is -0.369 e. The molecular formula is C11H17N3. The van der Waals surface area contributed by atoms with Gasteiger partial charge in [-0.1, -0.05) is 0 Å². The molecule has 76 valence electrons. The fourth-order valence-corrected chi connectivity index (χ4v) is 1.89. The highest BCUT2D eigenvalue weighted by molar-refractivity contribution is 5.45. The highest BCUT2D eigenvalue weighted by atomic mass is 15.2. The van der Waals surface area contributed by atoms with Gasteiger partial charge in [-0.15, -0.1) is 0 Å². The van der Waals surface area contributed by atoms with Gasteiger partial charge in [0.2, 0.25) is 0 Å². The minimum absolute atomic E-state index is 0.324. The maximum absolute atomic E-state index is 5.93. The zero-order valence-electron chi connectivity index (χ0n) is 8.61. The summed E-state index contributed by atoms with van der Waals surface area (Å²) in [6.45, 7) is 4.08. The Labute approximate surface area is 84.9 Å². The average Bonchev–Trinajstić information content (AvgIpc) is 2.19. The lowest BCUT2D eigenvalue weighted by atomic mass is 10.1. The van der Waals surface area contributed by atoms with E-state index in [2.05, 4.69) is 22.0 Å². The second kappa shape index (κ2) is 3.96. The number of piperidine rings is 1. The topological polar surface area (TPSA) is 42.1 Å². The maximum Gasteiger partial charge on any atom is 0.0553 e. The van der Waals surface area contributed by atoms with Gasteiger partial charge in [-0.05, 0) is 31.9 Å². The molecule has 1 unspecified atom stereocenters. The van der Waals surface area contributed by atoms with Crippen molar-refractivity contribution in [2.75, 3.05) is 18.0 Å². The van der Waals surface area contributed by atoms with E-state index in [4.69, 9.17) is 5.73 Å². The second-order valence-electron chi connectivity index (χ2n) is 4.01. The van der Waals surface area contributed by atoms with Crippen molar-refractivity contribution >= 4 is 5.69 Å². The molecule has 2 heterocycles. The highest BCUT2D eigenvalue weighted by Gasteiger charge is 2.16. The van der Waals surface area contributed by atoms with Crippen molar-refractivity contribution < 1.29 is 0 Å². The molecule has 0 amide bonds. The summed E-state index contributed by atoms with van der Waals surface area (Å²) < 4.78 is 0. The third kappa shape index (κ3) is 2.04. The molecule has 1 atom stereocenters. The van der Waals surface area contributed by atoms with Crippen molar-refractivity contribution in [1.82, 2.24) is 4.98 Å². The highest BCUT2D eigenvalue weighted by Crippen LogP contribution is 2.18. The number of anilines is 1. The fraction of sp³-hybridized carbons (Fsp3) is 0.545. The number of rotatable bonds is 1. The number of hydrogen-bond acceptors (Lipinski definition) is 3. The van der Waals surface area contributed by atoms with Crippen LogP contribution < -0.4 is 10.6 Å². The van der Waals surface area contributed by atoms with Crippen LogP contribution in [0.1, 0.15) is 18.5 Å². The Morgan fingerprint density at radius 1 is 1.50 bits per heavy atom. The van der Waals surface area contributed by atoms with Gasteiger partial charge in [0.05, 0.1) is 11.9 Å². The summed E-state index contributed by atoms with van der Waals surface area (Å²) in [6, 6.07) is 4.50. The quantitative estimate of drug-likeness (QED) is 0.728. The van der Waals surface area contributed by atoms with Gasteiger partial charge in [0.1, 0.15) is 0 Å². The van der Waals surface area contributed by atoms with Crippen LogP contribution in [0.25, 0.3) is 0 Å². The van der Waals surface area contributed by atoms with Gasteiger partial charge in [-0.2, -0.15) is 0 Å². The van der Waals surface area contributed by atoms with Gasteiger partial charge < -0.3 is 10.6 Å². The van der Waals surface area contributed by atoms with Crippen molar-refractivity contribution in [3.63, 3.8) is 0 Å². The molecule has 0 aliphatic carbocycles. The molecule has 1 aromatic rings. The fourth-order valence-electron chi connectivity index (χ4n) is 1.89. The van der Waals surface area contributed by atoms with E-state index >= 15 is 0 Å². The SMILES string of the molecule is Cc1ccc(N2CCCC(N)C2)cn1. The van der Waals surface area contributed by atoms with E-state index in [9.17, 15) is 0 Å². The van der Waals surface area contributed by atoms with Crippen LogP contribution in [0.3, 0.4) is 0 Å². The number of pyridine rings is 1. The van der Waals surface area contributed by atoms with Crippen LogP contribution in [0.5, 0.6) is 0 Å². The molecule has 0 aromatic carbocycles. The summed E-state index contributed by atoms with van der Waals surface area (Å²) >= 11 is 0. The van der Waals surface area contributed by atoms with Crippen molar-refractivity contribution in [2.45, 2.75) is 25.8 Å². The van der Waals surface area contributed by atoms with Crippen LogP contribution in [-0.4, -0.2) is 24.1 Å². The monoisotopic (exact) mass is 191 g/mol. The van der Waals surface area contributed by atoms with E-state index in [1.807, 2.05) is 13.1 Å².